The number of amides is 1. The molecule has 0 aliphatic carbocycles. The van der Waals surface area contributed by atoms with Gasteiger partial charge in [-0.05, 0) is 23.3 Å². The van der Waals surface area contributed by atoms with E-state index >= 15 is 0 Å². The average molecular weight is 314 g/mol. The van der Waals surface area contributed by atoms with Crippen LogP contribution in [0.3, 0.4) is 0 Å². The van der Waals surface area contributed by atoms with Gasteiger partial charge in [0.05, 0.1) is 23.7 Å². The van der Waals surface area contributed by atoms with E-state index in [0.717, 1.165) is 23.4 Å². The molecule has 0 radical (unpaired) electrons. The minimum atomic E-state index is -0.288. The van der Waals surface area contributed by atoms with Crippen molar-refractivity contribution in [2.75, 3.05) is 11.4 Å². The number of aliphatic hydroxyl groups excluding tert-OH is 1. The largest absolute Gasteiger partial charge is 0.390 e. The number of carbonyl (C=O) groups excluding carboxylic acids is 1. The van der Waals surface area contributed by atoms with Crippen LogP contribution in [-0.4, -0.2) is 23.0 Å². The number of aliphatic hydroxyl groups is 1. The van der Waals surface area contributed by atoms with Crippen LogP contribution in [0.15, 0.2) is 30.3 Å². The van der Waals surface area contributed by atoms with Crippen LogP contribution in [0.1, 0.15) is 36.4 Å². The van der Waals surface area contributed by atoms with Crippen molar-refractivity contribution >= 4 is 12.1 Å². The number of aromatic nitrogens is 1. The molecule has 1 aliphatic rings. The highest BCUT2D eigenvalue weighted by molar-refractivity contribution is 5.81. The minimum absolute atomic E-state index is 0.214. The molecule has 2 aromatic rings. The first-order valence-electron chi connectivity index (χ1n) is 7.56. The summed E-state index contributed by atoms with van der Waals surface area (Å²) in [6.07, 6.45) is 1.12. The molecule has 5 heteroatoms. The maximum Gasteiger partial charge on any atom is 0.214 e. The van der Waals surface area contributed by atoms with Crippen LogP contribution in [0.25, 0.3) is 0 Å². The zero-order valence-electron chi connectivity index (χ0n) is 13.2. The summed E-state index contributed by atoms with van der Waals surface area (Å²) in [5.41, 5.74) is 3.09. The number of pyridine rings is 1. The standard InChI is InChI=1S/C18H19FN2O2/c1-18(2)10-21(11-23)16-8-13(15(9-22)20-17(16)18)7-12-5-3-4-6-14(12)19/h3-6,8,11,22H,7,9-10H2,1-2H3. The molecule has 1 aromatic heterocycles. The van der Waals surface area contributed by atoms with E-state index in [9.17, 15) is 14.3 Å². The molecule has 0 saturated heterocycles. The lowest BCUT2D eigenvalue weighted by molar-refractivity contribution is -0.107. The normalized spacial score (nSPS) is 15.6. The summed E-state index contributed by atoms with van der Waals surface area (Å²) in [5, 5.41) is 9.65. The van der Waals surface area contributed by atoms with Crippen molar-refractivity contribution < 1.29 is 14.3 Å². The molecule has 0 spiro atoms. The number of hydrogen-bond acceptors (Lipinski definition) is 3. The smallest absolute Gasteiger partial charge is 0.214 e. The highest BCUT2D eigenvalue weighted by Crippen LogP contribution is 2.39. The fourth-order valence-corrected chi connectivity index (χ4v) is 3.11. The monoisotopic (exact) mass is 314 g/mol. The lowest BCUT2D eigenvalue weighted by Crippen LogP contribution is -2.27. The molecule has 1 aliphatic heterocycles. The van der Waals surface area contributed by atoms with Crippen molar-refractivity contribution in [3.05, 3.63) is 58.7 Å². The first kappa shape index (κ1) is 15.6. The molecule has 0 bridgehead atoms. The van der Waals surface area contributed by atoms with Crippen molar-refractivity contribution in [2.45, 2.75) is 32.3 Å². The van der Waals surface area contributed by atoms with Crippen LogP contribution in [0.5, 0.6) is 0 Å². The van der Waals surface area contributed by atoms with E-state index in [1.165, 1.54) is 6.07 Å². The summed E-state index contributed by atoms with van der Waals surface area (Å²) < 4.78 is 13.9. The SMILES string of the molecule is CC1(C)CN(C=O)c2cc(Cc3ccccc3F)c(CO)nc21. The van der Waals surface area contributed by atoms with Crippen molar-refractivity contribution in [3.8, 4) is 0 Å². The molecule has 120 valence electrons. The van der Waals surface area contributed by atoms with Gasteiger partial charge in [0.1, 0.15) is 5.82 Å². The van der Waals surface area contributed by atoms with Gasteiger partial charge in [-0.3, -0.25) is 9.78 Å². The Bertz CT molecular complexity index is 759. The molecular weight excluding hydrogens is 295 g/mol. The number of rotatable bonds is 4. The topological polar surface area (TPSA) is 53.4 Å². The van der Waals surface area contributed by atoms with Crippen molar-refractivity contribution in [2.24, 2.45) is 0 Å². The molecule has 1 amide bonds. The number of halogens is 1. The fraction of sp³-hybridized carbons (Fsp3) is 0.333. The van der Waals surface area contributed by atoms with Crippen LogP contribution in [0.4, 0.5) is 10.1 Å². The van der Waals surface area contributed by atoms with Gasteiger partial charge in [0.2, 0.25) is 6.41 Å². The number of fused-ring (bicyclic) bond motifs is 1. The van der Waals surface area contributed by atoms with Gasteiger partial charge in [-0.2, -0.15) is 0 Å². The van der Waals surface area contributed by atoms with Crippen LogP contribution in [0.2, 0.25) is 0 Å². The number of anilines is 1. The predicted molar refractivity (Wildman–Crippen MR) is 85.8 cm³/mol. The van der Waals surface area contributed by atoms with Gasteiger partial charge < -0.3 is 10.0 Å². The van der Waals surface area contributed by atoms with Gasteiger partial charge >= 0.3 is 0 Å². The first-order chi connectivity index (χ1) is 11.0. The summed E-state index contributed by atoms with van der Waals surface area (Å²) in [6, 6.07) is 8.40. The molecule has 23 heavy (non-hydrogen) atoms. The molecule has 0 fully saturated rings. The third kappa shape index (κ3) is 2.72. The zero-order chi connectivity index (χ0) is 16.6. The van der Waals surface area contributed by atoms with Crippen molar-refractivity contribution in [1.29, 1.82) is 0 Å². The number of carbonyl (C=O) groups is 1. The molecular formula is C18H19FN2O2. The number of hydrogen-bond donors (Lipinski definition) is 1. The van der Waals surface area contributed by atoms with Gasteiger partial charge in [-0.15, -0.1) is 0 Å². The van der Waals surface area contributed by atoms with E-state index < -0.39 is 0 Å². The van der Waals surface area contributed by atoms with Crippen LogP contribution in [-0.2, 0) is 23.2 Å². The van der Waals surface area contributed by atoms with Crippen molar-refractivity contribution in [3.63, 3.8) is 0 Å². The summed E-state index contributed by atoms with van der Waals surface area (Å²) in [5.74, 6) is -0.288. The quantitative estimate of drug-likeness (QED) is 0.883. The second kappa shape index (κ2) is 5.74. The second-order valence-electron chi connectivity index (χ2n) is 6.51. The Morgan fingerprint density at radius 1 is 1.35 bits per heavy atom. The van der Waals surface area contributed by atoms with E-state index in [-0.39, 0.29) is 17.8 Å². The Labute approximate surface area is 134 Å². The molecule has 0 unspecified atom stereocenters. The Hall–Kier alpha value is -2.27. The Morgan fingerprint density at radius 3 is 2.74 bits per heavy atom. The van der Waals surface area contributed by atoms with E-state index in [0.29, 0.717) is 24.2 Å². The lowest BCUT2D eigenvalue weighted by Gasteiger charge is -2.17. The Morgan fingerprint density at radius 2 is 2.09 bits per heavy atom. The van der Waals surface area contributed by atoms with Gasteiger partial charge in [0.15, 0.2) is 0 Å². The second-order valence-corrected chi connectivity index (χ2v) is 6.51. The summed E-state index contributed by atoms with van der Waals surface area (Å²) in [7, 11) is 0. The van der Waals surface area contributed by atoms with E-state index in [1.54, 1.807) is 23.1 Å². The van der Waals surface area contributed by atoms with Crippen molar-refractivity contribution in [1.82, 2.24) is 4.98 Å². The van der Waals surface area contributed by atoms with Gasteiger partial charge in [0.25, 0.3) is 0 Å². The molecule has 4 nitrogen and oxygen atoms in total. The lowest BCUT2D eigenvalue weighted by atomic mass is 9.90. The summed E-state index contributed by atoms with van der Waals surface area (Å²) >= 11 is 0. The molecule has 3 rings (SSSR count). The van der Waals surface area contributed by atoms with Gasteiger partial charge in [-0.1, -0.05) is 32.0 Å². The summed E-state index contributed by atoms with van der Waals surface area (Å²) in [6.45, 7) is 4.36. The van der Waals surface area contributed by atoms with E-state index in [4.69, 9.17) is 0 Å². The molecule has 0 atom stereocenters. The molecule has 0 saturated carbocycles. The zero-order valence-corrected chi connectivity index (χ0v) is 13.2. The van der Waals surface area contributed by atoms with Crippen LogP contribution >= 0.6 is 0 Å². The predicted octanol–water partition coefficient (Wildman–Crippen LogP) is 2.56. The molecule has 1 aromatic carbocycles. The van der Waals surface area contributed by atoms with E-state index in [2.05, 4.69) is 4.98 Å². The molecule has 2 heterocycles. The van der Waals surface area contributed by atoms with Crippen LogP contribution in [0, 0.1) is 5.82 Å². The summed E-state index contributed by atoms with van der Waals surface area (Å²) in [4.78, 5) is 17.5. The first-order valence-corrected chi connectivity index (χ1v) is 7.56. The number of benzene rings is 1. The maximum absolute atomic E-state index is 13.9. The Balaban J connectivity index is 2.08. The highest BCUT2D eigenvalue weighted by Gasteiger charge is 2.37. The van der Waals surface area contributed by atoms with Gasteiger partial charge in [0, 0.05) is 18.4 Å². The third-order valence-electron chi connectivity index (χ3n) is 4.30. The van der Waals surface area contributed by atoms with Crippen LogP contribution < -0.4 is 4.90 Å². The third-order valence-corrected chi connectivity index (χ3v) is 4.30. The maximum atomic E-state index is 13.9. The fourth-order valence-electron chi connectivity index (χ4n) is 3.11. The average Bonchev–Trinajstić information content (AvgIpc) is 2.79. The highest BCUT2D eigenvalue weighted by atomic mass is 19.1. The molecule has 1 N–H and O–H groups in total. The minimum Gasteiger partial charge on any atom is -0.390 e. The van der Waals surface area contributed by atoms with Gasteiger partial charge in [-0.25, -0.2) is 4.39 Å². The Kier molecular flexibility index (Phi) is 3.90. The van der Waals surface area contributed by atoms with E-state index in [1.807, 2.05) is 19.9 Å². The number of nitrogens with zero attached hydrogens (tertiary/aromatic N) is 2.